The van der Waals surface area contributed by atoms with Crippen molar-refractivity contribution in [3.8, 4) is 0 Å². The Labute approximate surface area is 149 Å². The molecule has 0 bridgehead atoms. The number of benzene rings is 1. The van der Waals surface area contributed by atoms with E-state index in [-0.39, 0.29) is 5.91 Å². The molecule has 0 aliphatic carbocycles. The molecule has 1 N–H and O–H groups in total. The summed E-state index contributed by atoms with van der Waals surface area (Å²) in [6.45, 7) is 6.47. The van der Waals surface area contributed by atoms with Crippen molar-refractivity contribution in [2.75, 3.05) is 38.6 Å². The first-order valence-electron chi connectivity index (χ1n) is 8.60. The first kappa shape index (κ1) is 18.9. The highest BCUT2D eigenvalue weighted by Crippen LogP contribution is 2.23. The van der Waals surface area contributed by atoms with Gasteiger partial charge in [0, 0.05) is 18.8 Å². The number of amides is 1. The smallest absolute Gasteiger partial charge is 0.271 e. The highest BCUT2D eigenvalue weighted by molar-refractivity contribution is 5.92. The van der Waals surface area contributed by atoms with Crippen molar-refractivity contribution in [1.29, 1.82) is 0 Å². The predicted octanol–water partition coefficient (Wildman–Crippen LogP) is 2.62. The lowest BCUT2D eigenvalue weighted by Gasteiger charge is -2.22. The quantitative estimate of drug-likeness (QED) is 0.748. The van der Waals surface area contributed by atoms with E-state index in [1.54, 1.807) is 6.20 Å². The van der Waals surface area contributed by atoms with Gasteiger partial charge in [0.15, 0.2) is 5.82 Å². The Morgan fingerprint density at radius 3 is 2.60 bits per heavy atom. The molecule has 2 rings (SSSR count). The summed E-state index contributed by atoms with van der Waals surface area (Å²) in [5, 5.41) is 2.87. The molecule has 0 saturated heterocycles. The molecule has 2 aromatic rings. The van der Waals surface area contributed by atoms with Gasteiger partial charge in [-0.25, -0.2) is 9.97 Å². The van der Waals surface area contributed by atoms with Crippen molar-refractivity contribution >= 4 is 17.4 Å². The zero-order valence-electron chi connectivity index (χ0n) is 15.5. The van der Waals surface area contributed by atoms with Crippen molar-refractivity contribution in [2.45, 2.75) is 20.3 Å². The lowest BCUT2D eigenvalue weighted by Crippen LogP contribution is -2.28. The topological polar surface area (TPSA) is 61.4 Å². The third-order valence-corrected chi connectivity index (χ3v) is 3.84. The molecule has 0 fully saturated rings. The number of carbonyl (C=O) groups excluding carboxylic acids is 1. The Morgan fingerprint density at radius 2 is 2.00 bits per heavy atom. The van der Waals surface area contributed by atoms with Crippen LogP contribution in [0.5, 0.6) is 0 Å². The highest BCUT2D eigenvalue weighted by Gasteiger charge is 2.12. The second-order valence-corrected chi connectivity index (χ2v) is 6.26. The number of anilines is 2. The molecule has 0 unspecified atom stereocenters. The number of hydrogen-bond acceptors (Lipinski definition) is 5. The molecular formula is C19H27N5O. The van der Waals surface area contributed by atoms with Crippen LogP contribution in [0.3, 0.4) is 0 Å². The Kier molecular flexibility index (Phi) is 6.89. The Bertz CT molecular complexity index is 684. The molecule has 0 aliphatic rings. The molecule has 0 atom stereocenters. The van der Waals surface area contributed by atoms with Gasteiger partial charge in [-0.2, -0.15) is 0 Å². The molecule has 1 heterocycles. The van der Waals surface area contributed by atoms with Crippen LogP contribution >= 0.6 is 0 Å². The standard InChI is InChI=1S/C19H27N5O/c1-5-24(16-9-6-8-15(2)12-16)18-14-21-17(13-22-18)19(25)20-10-7-11-23(3)4/h6,8-9,12-14H,5,7,10-11H2,1-4H3,(H,20,25). The monoisotopic (exact) mass is 341 g/mol. The third-order valence-electron chi connectivity index (χ3n) is 3.84. The van der Waals surface area contributed by atoms with Crippen molar-refractivity contribution in [3.63, 3.8) is 0 Å². The van der Waals surface area contributed by atoms with Crippen LogP contribution < -0.4 is 10.2 Å². The van der Waals surface area contributed by atoms with Crippen LogP contribution in [0.25, 0.3) is 0 Å². The highest BCUT2D eigenvalue weighted by atomic mass is 16.1. The maximum Gasteiger partial charge on any atom is 0.271 e. The number of hydrogen-bond donors (Lipinski definition) is 1. The predicted molar refractivity (Wildman–Crippen MR) is 101 cm³/mol. The first-order valence-corrected chi connectivity index (χ1v) is 8.60. The second kappa shape index (κ2) is 9.13. The molecule has 25 heavy (non-hydrogen) atoms. The molecule has 0 aliphatic heterocycles. The second-order valence-electron chi connectivity index (χ2n) is 6.26. The molecule has 0 saturated carbocycles. The maximum absolute atomic E-state index is 12.1. The van der Waals surface area contributed by atoms with E-state index in [4.69, 9.17) is 0 Å². The third kappa shape index (κ3) is 5.53. The van der Waals surface area contributed by atoms with Gasteiger partial charge in [0.2, 0.25) is 0 Å². The molecule has 6 heteroatoms. The number of aromatic nitrogens is 2. The fourth-order valence-corrected chi connectivity index (χ4v) is 2.54. The molecule has 0 radical (unpaired) electrons. The van der Waals surface area contributed by atoms with Crippen LogP contribution in [0.15, 0.2) is 36.7 Å². The fourth-order valence-electron chi connectivity index (χ4n) is 2.54. The number of carbonyl (C=O) groups is 1. The van der Waals surface area contributed by atoms with E-state index in [0.717, 1.165) is 31.0 Å². The van der Waals surface area contributed by atoms with Gasteiger partial charge in [0.05, 0.1) is 12.4 Å². The minimum absolute atomic E-state index is 0.184. The molecule has 6 nitrogen and oxygen atoms in total. The molecule has 1 amide bonds. The van der Waals surface area contributed by atoms with Crippen LogP contribution in [-0.4, -0.2) is 54.5 Å². The van der Waals surface area contributed by atoms with E-state index in [0.29, 0.717) is 12.2 Å². The van der Waals surface area contributed by atoms with E-state index >= 15 is 0 Å². The summed E-state index contributed by atoms with van der Waals surface area (Å²) in [6.07, 6.45) is 4.09. The van der Waals surface area contributed by atoms with Crippen molar-refractivity contribution in [1.82, 2.24) is 20.2 Å². The van der Waals surface area contributed by atoms with Crippen LogP contribution in [0.1, 0.15) is 29.4 Å². The summed E-state index contributed by atoms with van der Waals surface area (Å²) < 4.78 is 0. The lowest BCUT2D eigenvalue weighted by atomic mass is 10.2. The summed E-state index contributed by atoms with van der Waals surface area (Å²) in [6, 6.07) is 8.24. The lowest BCUT2D eigenvalue weighted by molar-refractivity contribution is 0.0947. The Morgan fingerprint density at radius 1 is 1.20 bits per heavy atom. The Hall–Kier alpha value is -2.47. The zero-order chi connectivity index (χ0) is 18.2. The number of nitrogens with zero attached hydrogens (tertiary/aromatic N) is 4. The van der Waals surface area contributed by atoms with Gasteiger partial charge in [-0.1, -0.05) is 12.1 Å². The summed E-state index contributed by atoms with van der Waals surface area (Å²) in [5.74, 6) is 0.550. The minimum atomic E-state index is -0.184. The minimum Gasteiger partial charge on any atom is -0.351 e. The number of aryl methyl sites for hydroxylation is 1. The van der Waals surface area contributed by atoms with Gasteiger partial charge in [-0.15, -0.1) is 0 Å². The fraction of sp³-hybridized carbons (Fsp3) is 0.421. The van der Waals surface area contributed by atoms with E-state index in [1.165, 1.54) is 11.8 Å². The van der Waals surface area contributed by atoms with Crippen LogP contribution in [0.4, 0.5) is 11.5 Å². The molecule has 0 spiro atoms. The van der Waals surface area contributed by atoms with Crippen molar-refractivity contribution < 1.29 is 4.79 Å². The Balaban J connectivity index is 2.01. The molecule has 1 aromatic heterocycles. The summed E-state index contributed by atoms with van der Waals surface area (Å²) in [7, 11) is 4.03. The molecule has 134 valence electrons. The van der Waals surface area contributed by atoms with Gasteiger partial charge >= 0.3 is 0 Å². The number of rotatable bonds is 8. The van der Waals surface area contributed by atoms with Gasteiger partial charge in [-0.05, 0) is 58.6 Å². The van der Waals surface area contributed by atoms with Gasteiger partial charge in [0.25, 0.3) is 5.91 Å². The van der Waals surface area contributed by atoms with Gasteiger partial charge in [-0.3, -0.25) is 4.79 Å². The average Bonchev–Trinajstić information content (AvgIpc) is 2.60. The normalized spacial score (nSPS) is 10.8. The van der Waals surface area contributed by atoms with Gasteiger partial charge < -0.3 is 15.1 Å². The summed E-state index contributed by atoms with van der Waals surface area (Å²) in [4.78, 5) is 25.0. The van der Waals surface area contributed by atoms with Crippen LogP contribution in [-0.2, 0) is 0 Å². The van der Waals surface area contributed by atoms with E-state index in [2.05, 4.69) is 51.1 Å². The largest absolute Gasteiger partial charge is 0.351 e. The van der Waals surface area contributed by atoms with E-state index in [1.807, 2.05) is 26.2 Å². The molecular weight excluding hydrogens is 314 g/mol. The summed E-state index contributed by atoms with van der Waals surface area (Å²) in [5.41, 5.74) is 2.60. The van der Waals surface area contributed by atoms with Gasteiger partial charge in [0.1, 0.15) is 5.69 Å². The van der Waals surface area contributed by atoms with Crippen LogP contribution in [0, 0.1) is 6.92 Å². The maximum atomic E-state index is 12.1. The number of nitrogens with one attached hydrogen (secondary N) is 1. The van der Waals surface area contributed by atoms with E-state index in [9.17, 15) is 4.79 Å². The molecule has 1 aromatic carbocycles. The first-order chi connectivity index (χ1) is 12.0. The average molecular weight is 341 g/mol. The SMILES string of the molecule is CCN(c1cccc(C)c1)c1cnc(C(=O)NCCCN(C)C)cn1. The van der Waals surface area contributed by atoms with Crippen molar-refractivity contribution in [3.05, 3.63) is 47.9 Å². The van der Waals surface area contributed by atoms with Crippen molar-refractivity contribution in [2.24, 2.45) is 0 Å². The zero-order valence-corrected chi connectivity index (χ0v) is 15.5. The van der Waals surface area contributed by atoms with Crippen LogP contribution in [0.2, 0.25) is 0 Å². The van der Waals surface area contributed by atoms with E-state index < -0.39 is 0 Å². The summed E-state index contributed by atoms with van der Waals surface area (Å²) >= 11 is 0.